The predicted octanol–water partition coefficient (Wildman–Crippen LogP) is 3.60. The van der Waals surface area contributed by atoms with E-state index < -0.39 is 12.1 Å². The van der Waals surface area contributed by atoms with E-state index in [0.29, 0.717) is 0 Å². The third-order valence-electron chi connectivity index (χ3n) is 5.40. The molecule has 0 bridgehead atoms. The number of carbonyl (C=O) groups is 2. The fraction of sp³-hybridized carbons (Fsp3) is 0.250. The molecule has 0 aliphatic heterocycles. The van der Waals surface area contributed by atoms with Crippen molar-refractivity contribution in [2.45, 2.75) is 41.5 Å². The van der Waals surface area contributed by atoms with Crippen LogP contribution in [0.5, 0.6) is 0 Å². The molecule has 0 spiro atoms. The molecule has 6 N–H and O–H groups in total. The standard InChI is InChI=1S/C24H30N6O2/c1-12-8-14(3)21(16(5)19(12)10-27-29-23(25)31)18(7)22-15(4)9-13(2)20(17(22)6)11-28-30-24(26)32/h8-11H,7H2,1-6H3,(H3,25,29,31)(H3,26,30,32)/b27-10+,28-11+. The first-order chi connectivity index (χ1) is 15.0. The van der Waals surface area contributed by atoms with E-state index in [0.717, 1.165) is 61.2 Å². The van der Waals surface area contributed by atoms with Crippen LogP contribution in [0.3, 0.4) is 0 Å². The van der Waals surface area contributed by atoms with Gasteiger partial charge < -0.3 is 11.5 Å². The molecule has 0 aliphatic rings. The first-order valence-electron chi connectivity index (χ1n) is 10.0. The number of amides is 4. The van der Waals surface area contributed by atoms with Crippen LogP contribution in [0.1, 0.15) is 55.6 Å². The maximum atomic E-state index is 11.0. The van der Waals surface area contributed by atoms with Gasteiger partial charge in [0.15, 0.2) is 0 Å². The maximum Gasteiger partial charge on any atom is 0.332 e. The van der Waals surface area contributed by atoms with Crippen molar-refractivity contribution in [3.8, 4) is 0 Å². The molecule has 0 saturated carbocycles. The molecular weight excluding hydrogens is 404 g/mol. The van der Waals surface area contributed by atoms with E-state index in [2.05, 4.69) is 39.8 Å². The van der Waals surface area contributed by atoms with Crippen molar-refractivity contribution < 1.29 is 9.59 Å². The number of carbonyl (C=O) groups excluding carboxylic acids is 2. The molecule has 0 saturated heterocycles. The second-order valence-electron chi connectivity index (χ2n) is 7.80. The van der Waals surface area contributed by atoms with Crippen LogP contribution in [0.2, 0.25) is 0 Å². The lowest BCUT2D eigenvalue weighted by Gasteiger charge is -2.22. The van der Waals surface area contributed by atoms with Gasteiger partial charge in [0, 0.05) is 11.1 Å². The quantitative estimate of drug-likeness (QED) is 0.408. The molecule has 0 radical (unpaired) electrons. The summed E-state index contributed by atoms with van der Waals surface area (Å²) in [5.41, 5.74) is 25.5. The van der Waals surface area contributed by atoms with Gasteiger partial charge in [-0.1, -0.05) is 18.7 Å². The molecule has 0 atom stereocenters. The number of aryl methyl sites for hydroxylation is 4. The summed E-state index contributed by atoms with van der Waals surface area (Å²) in [6, 6.07) is 2.69. The normalized spacial score (nSPS) is 11.2. The number of hydrogen-bond donors (Lipinski definition) is 4. The number of benzene rings is 2. The molecule has 32 heavy (non-hydrogen) atoms. The van der Waals surface area contributed by atoms with Gasteiger partial charge >= 0.3 is 12.1 Å². The lowest BCUT2D eigenvalue weighted by molar-refractivity contribution is 0.248. The third kappa shape index (κ3) is 5.21. The van der Waals surface area contributed by atoms with Gasteiger partial charge in [0.25, 0.3) is 0 Å². The number of nitrogens with zero attached hydrogens (tertiary/aromatic N) is 2. The molecule has 0 aliphatic carbocycles. The van der Waals surface area contributed by atoms with Crippen LogP contribution in [0.4, 0.5) is 9.59 Å². The summed E-state index contributed by atoms with van der Waals surface area (Å²) in [6.45, 7) is 16.5. The first-order valence-corrected chi connectivity index (χ1v) is 10.0. The SMILES string of the molecule is C=C(c1c(C)cc(C)c(/C=N/NC(N)=O)c1C)c1c(C)cc(C)c(/C=N/NC(N)=O)c1C. The third-order valence-corrected chi connectivity index (χ3v) is 5.40. The Morgan fingerprint density at radius 3 is 1.41 bits per heavy atom. The van der Waals surface area contributed by atoms with E-state index in [1.807, 2.05) is 41.5 Å². The second-order valence-corrected chi connectivity index (χ2v) is 7.80. The number of nitrogens with two attached hydrogens (primary N) is 2. The van der Waals surface area contributed by atoms with Crippen LogP contribution in [0, 0.1) is 41.5 Å². The number of rotatable bonds is 6. The summed E-state index contributed by atoms with van der Waals surface area (Å²) in [7, 11) is 0. The number of nitrogens with one attached hydrogen (secondary N) is 2. The minimum Gasteiger partial charge on any atom is -0.350 e. The lowest BCUT2D eigenvalue weighted by Crippen LogP contribution is -2.24. The van der Waals surface area contributed by atoms with E-state index in [9.17, 15) is 9.59 Å². The Morgan fingerprint density at radius 2 is 1.09 bits per heavy atom. The van der Waals surface area contributed by atoms with E-state index in [1.165, 1.54) is 0 Å². The average molecular weight is 435 g/mol. The molecule has 2 aromatic rings. The predicted molar refractivity (Wildman–Crippen MR) is 130 cm³/mol. The highest BCUT2D eigenvalue weighted by molar-refractivity contribution is 5.94. The number of hydrazone groups is 2. The fourth-order valence-electron chi connectivity index (χ4n) is 4.17. The van der Waals surface area contributed by atoms with Crippen molar-refractivity contribution in [2.75, 3.05) is 0 Å². The topological polar surface area (TPSA) is 135 Å². The average Bonchev–Trinajstić information content (AvgIpc) is 2.66. The summed E-state index contributed by atoms with van der Waals surface area (Å²) in [5.74, 6) is 0. The smallest absolute Gasteiger partial charge is 0.332 e. The highest BCUT2D eigenvalue weighted by Gasteiger charge is 2.19. The molecule has 4 amide bonds. The highest BCUT2D eigenvalue weighted by Crippen LogP contribution is 2.35. The Hall–Kier alpha value is -3.94. The van der Waals surface area contributed by atoms with Gasteiger partial charge in [0.2, 0.25) is 0 Å². The first kappa shape index (κ1) is 24.3. The number of primary amides is 2. The monoisotopic (exact) mass is 434 g/mol. The number of hydrogen-bond acceptors (Lipinski definition) is 4. The van der Waals surface area contributed by atoms with Crippen molar-refractivity contribution in [3.63, 3.8) is 0 Å². The Morgan fingerprint density at radius 1 is 0.750 bits per heavy atom. The Kier molecular flexibility index (Phi) is 7.54. The summed E-state index contributed by atoms with van der Waals surface area (Å²) in [6.07, 6.45) is 3.18. The summed E-state index contributed by atoms with van der Waals surface area (Å²) < 4.78 is 0. The number of urea groups is 2. The van der Waals surface area contributed by atoms with Crippen molar-refractivity contribution in [1.82, 2.24) is 10.9 Å². The summed E-state index contributed by atoms with van der Waals surface area (Å²) in [4.78, 5) is 21.9. The zero-order valence-corrected chi connectivity index (χ0v) is 19.4. The summed E-state index contributed by atoms with van der Waals surface area (Å²) >= 11 is 0. The Balaban J connectivity index is 2.65. The zero-order valence-electron chi connectivity index (χ0n) is 19.4. The molecular formula is C24H30N6O2. The van der Waals surface area contributed by atoms with Crippen LogP contribution in [-0.4, -0.2) is 24.5 Å². The van der Waals surface area contributed by atoms with Gasteiger partial charge in [-0.3, -0.25) is 0 Å². The zero-order chi connectivity index (χ0) is 24.2. The summed E-state index contributed by atoms with van der Waals surface area (Å²) in [5, 5.41) is 7.87. The molecule has 0 fully saturated rings. The lowest BCUT2D eigenvalue weighted by atomic mass is 9.83. The van der Waals surface area contributed by atoms with Crippen molar-refractivity contribution in [1.29, 1.82) is 0 Å². The second kappa shape index (κ2) is 9.91. The van der Waals surface area contributed by atoms with Crippen LogP contribution in [0.25, 0.3) is 5.57 Å². The van der Waals surface area contributed by atoms with Crippen molar-refractivity contribution in [2.24, 2.45) is 21.7 Å². The van der Waals surface area contributed by atoms with Crippen molar-refractivity contribution >= 4 is 30.1 Å². The van der Waals surface area contributed by atoms with Crippen LogP contribution < -0.4 is 22.3 Å². The van der Waals surface area contributed by atoms with Gasteiger partial charge in [0.05, 0.1) is 12.4 Å². The highest BCUT2D eigenvalue weighted by atomic mass is 16.2. The molecule has 8 nitrogen and oxygen atoms in total. The molecule has 168 valence electrons. The maximum absolute atomic E-state index is 11.0. The molecule has 8 heteroatoms. The van der Waals surface area contributed by atoms with Gasteiger partial charge in [-0.15, -0.1) is 0 Å². The van der Waals surface area contributed by atoms with E-state index in [4.69, 9.17) is 11.5 Å². The fourth-order valence-corrected chi connectivity index (χ4v) is 4.17. The molecule has 2 aromatic carbocycles. The van der Waals surface area contributed by atoms with Gasteiger partial charge in [-0.25, -0.2) is 20.4 Å². The molecule has 0 heterocycles. The molecule has 2 rings (SSSR count). The van der Waals surface area contributed by atoms with Crippen LogP contribution in [0.15, 0.2) is 28.9 Å². The van der Waals surface area contributed by atoms with E-state index in [-0.39, 0.29) is 0 Å². The van der Waals surface area contributed by atoms with Crippen LogP contribution >= 0.6 is 0 Å². The van der Waals surface area contributed by atoms with Gasteiger partial charge in [-0.05, 0) is 91.6 Å². The van der Waals surface area contributed by atoms with Crippen LogP contribution in [-0.2, 0) is 0 Å². The van der Waals surface area contributed by atoms with E-state index in [1.54, 1.807) is 12.4 Å². The van der Waals surface area contributed by atoms with Gasteiger partial charge in [-0.2, -0.15) is 10.2 Å². The van der Waals surface area contributed by atoms with Gasteiger partial charge in [0.1, 0.15) is 0 Å². The van der Waals surface area contributed by atoms with E-state index >= 15 is 0 Å². The Labute approximate surface area is 188 Å². The largest absolute Gasteiger partial charge is 0.350 e. The minimum absolute atomic E-state index is 0.723. The molecule has 0 unspecified atom stereocenters. The minimum atomic E-state index is -0.723. The Bertz CT molecular complexity index is 1070. The molecule has 0 aromatic heterocycles. The van der Waals surface area contributed by atoms with Crippen molar-refractivity contribution in [3.05, 3.63) is 74.3 Å².